The summed E-state index contributed by atoms with van der Waals surface area (Å²) in [6.07, 6.45) is -0.408. The first-order chi connectivity index (χ1) is 9.29. The predicted molar refractivity (Wildman–Crippen MR) is 75.7 cm³/mol. The number of nitrogen functional groups attached to an aromatic ring is 1. The molecule has 0 aliphatic rings. The average Bonchev–Trinajstić information content (AvgIpc) is 2.39. The van der Waals surface area contributed by atoms with Gasteiger partial charge in [0.05, 0.1) is 11.0 Å². The fraction of sp³-hybridized carbons (Fsp3) is 0.250. The summed E-state index contributed by atoms with van der Waals surface area (Å²) in [6, 6.07) is 6.66. The Kier molecular flexibility index (Phi) is 3.74. The minimum atomic E-state index is -3.30. The number of carbonyl (C=O) groups excluding carboxylic acids is 1. The molecule has 2 aromatic rings. The fourth-order valence-corrected chi connectivity index (χ4v) is 2.38. The smallest absolute Gasteiger partial charge is 0.298 e. The van der Waals surface area contributed by atoms with Gasteiger partial charge in [0.2, 0.25) is 0 Å². The van der Waals surface area contributed by atoms with Crippen LogP contribution in [0, 0.1) is 0 Å². The number of nitrogens with zero attached hydrogens (tertiary/aromatic N) is 2. The second kappa shape index (κ2) is 5.19. The third-order valence-electron chi connectivity index (χ3n) is 2.81. The summed E-state index contributed by atoms with van der Waals surface area (Å²) in [5, 5.41) is 0. The van der Waals surface area contributed by atoms with Gasteiger partial charge in [0.15, 0.2) is 18.8 Å². The number of rotatable bonds is 4. The van der Waals surface area contributed by atoms with Crippen molar-refractivity contribution in [2.24, 2.45) is 0 Å². The van der Waals surface area contributed by atoms with Crippen LogP contribution in [0.1, 0.15) is 16.9 Å². The Balaban J connectivity index is 2.45. The Morgan fingerprint density at radius 2 is 2.10 bits per heavy atom. The maximum Gasteiger partial charge on any atom is 0.298 e. The summed E-state index contributed by atoms with van der Waals surface area (Å²) < 4.78 is 12.1. The molecule has 0 saturated carbocycles. The first-order valence-electron chi connectivity index (χ1n) is 5.89. The Bertz CT molecular complexity index is 778. The van der Waals surface area contributed by atoms with Crippen LogP contribution in [0.15, 0.2) is 29.1 Å². The summed E-state index contributed by atoms with van der Waals surface area (Å²) in [7, 11) is -3.30. The zero-order valence-corrected chi connectivity index (χ0v) is 11.7. The number of Topliss-reactive ketones (excluding diaryl/α,β-unsaturated/α-hetero) is 1. The molecule has 2 rings (SSSR count). The van der Waals surface area contributed by atoms with Crippen molar-refractivity contribution in [2.45, 2.75) is 6.42 Å². The molecule has 0 aliphatic heterocycles. The molecule has 1 heterocycles. The van der Waals surface area contributed by atoms with Crippen LogP contribution in [0.3, 0.4) is 0 Å². The van der Waals surface area contributed by atoms with Gasteiger partial charge in [0.1, 0.15) is 0 Å². The van der Waals surface area contributed by atoms with Crippen molar-refractivity contribution in [3.63, 3.8) is 0 Å². The molecule has 1 aromatic heterocycles. The van der Waals surface area contributed by atoms with E-state index in [1.54, 1.807) is 24.3 Å². The van der Waals surface area contributed by atoms with Crippen LogP contribution < -0.4 is 11.4 Å². The summed E-state index contributed by atoms with van der Waals surface area (Å²) >= 11 is 0. The van der Waals surface area contributed by atoms with Crippen molar-refractivity contribution in [1.82, 2.24) is 9.66 Å². The molecule has 0 fully saturated rings. The number of benzene rings is 1. The van der Waals surface area contributed by atoms with Gasteiger partial charge < -0.3 is 10.7 Å². The summed E-state index contributed by atoms with van der Waals surface area (Å²) in [4.78, 5) is 37.1. The molecule has 3 N–H and O–H groups in total. The second-order valence-corrected chi connectivity index (χ2v) is 7.12. The number of ketones is 1. The third-order valence-corrected chi connectivity index (χ3v) is 3.87. The number of aromatic nitrogens is 2. The summed E-state index contributed by atoms with van der Waals surface area (Å²) in [5.41, 5.74) is -0.184. The number of nitrogens with two attached hydrogens (primary N) is 1. The number of hydrogen-bond acceptors (Lipinski definition) is 5. The van der Waals surface area contributed by atoms with Crippen LogP contribution in [-0.4, -0.2) is 33.2 Å². The van der Waals surface area contributed by atoms with Gasteiger partial charge in [-0.25, -0.2) is 9.66 Å². The minimum Gasteiger partial charge on any atom is -0.344 e. The van der Waals surface area contributed by atoms with Crippen LogP contribution in [0.2, 0.25) is 0 Å². The van der Waals surface area contributed by atoms with E-state index in [0.717, 1.165) is 11.3 Å². The lowest BCUT2D eigenvalue weighted by Crippen LogP contribution is -2.33. The van der Waals surface area contributed by atoms with Crippen molar-refractivity contribution in [3.8, 4) is 0 Å². The topological polar surface area (TPSA) is 115 Å². The minimum absolute atomic E-state index is 0.190. The van der Waals surface area contributed by atoms with Crippen molar-refractivity contribution >= 4 is 24.2 Å². The number of fused-ring (bicyclic) bond motifs is 1. The molecule has 1 aromatic carbocycles. The van der Waals surface area contributed by atoms with Crippen molar-refractivity contribution in [1.29, 1.82) is 0 Å². The normalized spacial score (nSPS) is 14.1. The predicted octanol–water partition coefficient (Wildman–Crippen LogP) is 0.583. The maximum atomic E-state index is 12.0. The first kappa shape index (κ1) is 14.4. The van der Waals surface area contributed by atoms with Gasteiger partial charge in [-0.2, -0.15) is 0 Å². The first-order valence-corrected chi connectivity index (χ1v) is 8.18. The molecule has 0 amide bonds. The maximum absolute atomic E-state index is 12.0. The molecule has 0 spiro atoms. The zero-order valence-electron chi connectivity index (χ0n) is 10.8. The molecular formula is C12H14N3O4P. The highest BCUT2D eigenvalue weighted by atomic mass is 31.2. The number of hydrogen-bond donors (Lipinski definition) is 2. The van der Waals surface area contributed by atoms with Gasteiger partial charge in [0.25, 0.3) is 5.56 Å². The molecule has 20 heavy (non-hydrogen) atoms. The van der Waals surface area contributed by atoms with E-state index in [9.17, 15) is 19.0 Å². The van der Waals surface area contributed by atoms with E-state index >= 15 is 0 Å². The molecule has 7 nitrogen and oxygen atoms in total. The molecule has 0 bridgehead atoms. The third kappa shape index (κ3) is 2.95. The molecule has 0 radical (unpaired) electrons. The average molecular weight is 295 g/mol. The lowest BCUT2D eigenvalue weighted by Gasteiger charge is -2.07. The van der Waals surface area contributed by atoms with Crippen LogP contribution >= 0.6 is 7.37 Å². The molecule has 8 heteroatoms. The Morgan fingerprint density at radius 1 is 1.45 bits per heavy atom. The van der Waals surface area contributed by atoms with Gasteiger partial charge in [-0.3, -0.25) is 14.2 Å². The van der Waals surface area contributed by atoms with Gasteiger partial charge in [-0.05, 0) is 12.1 Å². The van der Waals surface area contributed by atoms with Crippen molar-refractivity contribution in [3.05, 3.63) is 40.3 Å². The molecule has 1 atom stereocenters. The summed E-state index contributed by atoms with van der Waals surface area (Å²) in [6.45, 7) is 1.16. The summed E-state index contributed by atoms with van der Waals surface area (Å²) in [5.74, 6) is 5.06. The Hall–Kier alpha value is -1.98. The molecule has 1 unspecified atom stereocenters. The largest absolute Gasteiger partial charge is 0.344 e. The standard InChI is InChI=1S/C12H14N3O4P/c1-20(18,19)7-6-10(16)11-12(17)15(13)9-5-3-2-4-8(9)14-11/h2-5H,6-7,13H2,1H3,(H,18,19). The highest BCUT2D eigenvalue weighted by molar-refractivity contribution is 7.57. The zero-order chi connectivity index (χ0) is 14.9. The highest BCUT2D eigenvalue weighted by Gasteiger charge is 2.19. The molecule has 0 aliphatic carbocycles. The Labute approximate surface area is 114 Å². The lowest BCUT2D eigenvalue weighted by atomic mass is 10.2. The van der Waals surface area contributed by atoms with Gasteiger partial charge in [-0.15, -0.1) is 0 Å². The lowest BCUT2D eigenvalue weighted by molar-refractivity contribution is 0.0981. The highest BCUT2D eigenvalue weighted by Crippen LogP contribution is 2.35. The van der Waals surface area contributed by atoms with Crippen molar-refractivity contribution < 1.29 is 14.3 Å². The Morgan fingerprint density at radius 3 is 2.75 bits per heavy atom. The van der Waals surface area contributed by atoms with Crippen LogP contribution in [-0.2, 0) is 4.57 Å². The quantitative estimate of drug-likeness (QED) is 0.484. The van der Waals surface area contributed by atoms with Gasteiger partial charge in [0, 0.05) is 19.2 Å². The van der Waals surface area contributed by atoms with E-state index in [4.69, 9.17) is 5.84 Å². The monoisotopic (exact) mass is 295 g/mol. The number of para-hydroxylation sites is 2. The SMILES string of the molecule is CP(=O)(O)CCC(=O)c1nc2ccccc2n(N)c1=O. The van der Waals surface area contributed by atoms with E-state index in [1.165, 1.54) is 0 Å². The van der Waals surface area contributed by atoms with Gasteiger partial charge >= 0.3 is 0 Å². The van der Waals surface area contributed by atoms with Crippen LogP contribution in [0.4, 0.5) is 0 Å². The van der Waals surface area contributed by atoms with E-state index < -0.39 is 18.7 Å². The molecular weight excluding hydrogens is 281 g/mol. The molecule has 106 valence electrons. The van der Waals surface area contributed by atoms with E-state index in [-0.39, 0.29) is 18.3 Å². The van der Waals surface area contributed by atoms with E-state index in [0.29, 0.717) is 11.0 Å². The van der Waals surface area contributed by atoms with E-state index in [2.05, 4.69) is 4.98 Å². The van der Waals surface area contributed by atoms with Crippen LogP contribution in [0.25, 0.3) is 11.0 Å². The second-order valence-electron chi connectivity index (χ2n) is 4.57. The van der Waals surface area contributed by atoms with Crippen LogP contribution in [0.5, 0.6) is 0 Å². The van der Waals surface area contributed by atoms with E-state index in [1.807, 2.05) is 0 Å². The fourth-order valence-electron chi connectivity index (χ4n) is 1.76. The molecule has 0 saturated heterocycles. The van der Waals surface area contributed by atoms with Gasteiger partial charge in [-0.1, -0.05) is 12.1 Å². The number of carbonyl (C=O) groups is 1. The van der Waals surface area contributed by atoms with Crippen molar-refractivity contribution in [2.75, 3.05) is 18.7 Å².